The molecule has 2 atom stereocenters. The molecule has 28 heavy (non-hydrogen) atoms. The van der Waals surface area contributed by atoms with Gasteiger partial charge in [0.15, 0.2) is 0 Å². The van der Waals surface area contributed by atoms with Crippen molar-refractivity contribution in [1.29, 1.82) is 0 Å². The number of likely N-dealkylation sites (tertiary alicyclic amines) is 1. The van der Waals surface area contributed by atoms with Crippen LogP contribution in [0.3, 0.4) is 0 Å². The number of rotatable bonds is 7. The van der Waals surface area contributed by atoms with Gasteiger partial charge >= 0.3 is 0 Å². The number of hydrogen-bond acceptors (Lipinski definition) is 5. The molecule has 2 heterocycles. The van der Waals surface area contributed by atoms with Gasteiger partial charge in [-0.05, 0) is 56.9 Å². The molecule has 1 aliphatic heterocycles. The van der Waals surface area contributed by atoms with Crippen LogP contribution in [0.15, 0.2) is 42.6 Å². The molecule has 1 fully saturated rings. The Bertz CT molecular complexity index is 794. The van der Waals surface area contributed by atoms with Gasteiger partial charge in [-0.2, -0.15) is 0 Å². The van der Waals surface area contributed by atoms with Crippen molar-refractivity contribution in [3.05, 3.63) is 59.4 Å². The second-order valence-corrected chi connectivity index (χ2v) is 7.80. The van der Waals surface area contributed by atoms with Crippen molar-refractivity contribution < 1.29 is 9.53 Å². The summed E-state index contributed by atoms with van der Waals surface area (Å²) in [6, 6.07) is 11.7. The minimum Gasteiger partial charge on any atom is -0.497 e. The fourth-order valence-corrected chi connectivity index (χ4v) is 3.89. The molecule has 1 amide bonds. The van der Waals surface area contributed by atoms with E-state index >= 15 is 0 Å². The highest BCUT2D eigenvalue weighted by molar-refractivity contribution is 5.96. The second-order valence-electron chi connectivity index (χ2n) is 7.80. The number of methoxy groups -OCH3 is 1. The van der Waals surface area contributed by atoms with E-state index < -0.39 is 0 Å². The molecule has 0 saturated carbocycles. The summed E-state index contributed by atoms with van der Waals surface area (Å²) in [7, 11) is 5.79. The van der Waals surface area contributed by atoms with E-state index in [-0.39, 0.29) is 11.9 Å². The zero-order valence-electron chi connectivity index (χ0n) is 17.2. The number of ether oxygens (including phenoxy) is 1. The average Bonchev–Trinajstić information content (AvgIpc) is 3.02. The number of hydrogen-bond donors (Lipinski definition) is 1. The van der Waals surface area contributed by atoms with E-state index in [0.29, 0.717) is 11.5 Å². The maximum Gasteiger partial charge on any atom is 0.251 e. The van der Waals surface area contributed by atoms with Gasteiger partial charge in [0.25, 0.3) is 5.91 Å². The molecular formula is C22H30N4O2. The van der Waals surface area contributed by atoms with Crippen molar-refractivity contribution in [3.63, 3.8) is 0 Å². The summed E-state index contributed by atoms with van der Waals surface area (Å²) in [6.45, 7) is 5.46. The third-order valence-electron chi connectivity index (χ3n) is 5.22. The number of nitrogens with zero attached hydrogens (tertiary/aromatic N) is 3. The summed E-state index contributed by atoms with van der Waals surface area (Å²) < 4.78 is 5.24. The van der Waals surface area contributed by atoms with Crippen LogP contribution in [0, 0.1) is 12.8 Å². The standard InChI is InChI=1S/C22H30N4O2/c1-16-11-19(28-4)8-9-20(16)22(27)24-21-15-26(13-17(21)12-25(2)3)14-18-7-5-6-10-23-18/h5-11,17,21H,12-15H2,1-4H3,(H,24,27)/t17-,21-/m1/s1. The van der Waals surface area contributed by atoms with Gasteiger partial charge in [-0.3, -0.25) is 14.7 Å². The summed E-state index contributed by atoms with van der Waals surface area (Å²) in [4.78, 5) is 21.9. The van der Waals surface area contributed by atoms with Gasteiger partial charge in [-0.25, -0.2) is 0 Å². The van der Waals surface area contributed by atoms with Crippen molar-refractivity contribution in [3.8, 4) is 5.75 Å². The molecule has 1 aromatic carbocycles. The average molecular weight is 383 g/mol. The Balaban J connectivity index is 1.69. The first-order valence-corrected chi connectivity index (χ1v) is 9.68. The number of aromatic nitrogens is 1. The second kappa shape index (κ2) is 9.17. The van der Waals surface area contributed by atoms with Crippen molar-refractivity contribution in [2.24, 2.45) is 5.92 Å². The normalized spacial score (nSPS) is 19.8. The lowest BCUT2D eigenvalue weighted by atomic mass is 10.0. The van der Waals surface area contributed by atoms with Gasteiger partial charge in [-0.15, -0.1) is 0 Å². The predicted molar refractivity (Wildman–Crippen MR) is 111 cm³/mol. The molecular weight excluding hydrogens is 352 g/mol. The first kappa shape index (κ1) is 20.3. The lowest BCUT2D eigenvalue weighted by Crippen LogP contribution is -2.43. The Morgan fingerprint density at radius 2 is 2.11 bits per heavy atom. The molecule has 150 valence electrons. The van der Waals surface area contributed by atoms with Crippen LogP contribution in [-0.2, 0) is 6.54 Å². The van der Waals surface area contributed by atoms with Crippen LogP contribution < -0.4 is 10.1 Å². The molecule has 1 aromatic heterocycles. The number of pyridine rings is 1. The Kier molecular flexibility index (Phi) is 6.65. The SMILES string of the molecule is COc1ccc(C(=O)N[C@@H]2CN(Cc3ccccn3)C[C@H]2CN(C)C)c(C)c1. The Morgan fingerprint density at radius 3 is 2.75 bits per heavy atom. The molecule has 0 aliphatic carbocycles. The quantitative estimate of drug-likeness (QED) is 0.796. The Morgan fingerprint density at radius 1 is 1.29 bits per heavy atom. The maximum atomic E-state index is 12.9. The smallest absolute Gasteiger partial charge is 0.251 e. The molecule has 6 nitrogen and oxygen atoms in total. The van der Waals surface area contributed by atoms with Gasteiger partial charge in [0, 0.05) is 49.9 Å². The minimum absolute atomic E-state index is 0.0198. The molecule has 6 heteroatoms. The van der Waals surface area contributed by atoms with E-state index in [2.05, 4.69) is 34.2 Å². The lowest BCUT2D eigenvalue weighted by molar-refractivity contribution is 0.0926. The topological polar surface area (TPSA) is 57.7 Å². The summed E-state index contributed by atoms with van der Waals surface area (Å²) in [5.41, 5.74) is 2.68. The minimum atomic E-state index is -0.0198. The molecule has 0 radical (unpaired) electrons. The third kappa shape index (κ3) is 5.09. The Labute approximate surface area is 167 Å². The van der Waals surface area contributed by atoms with E-state index in [1.165, 1.54) is 0 Å². The van der Waals surface area contributed by atoms with Crippen molar-refractivity contribution in [1.82, 2.24) is 20.1 Å². The van der Waals surface area contributed by atoms with E-state index in [9.17, 15) is 4.79 Å². The Hall–Kier alpha value is -2.44. The summed E-state index contributed by atoms with van der Waals surface area (Å²) >= 11 is 0. The van der Waals surface area contributed by atoms with Crippen LogP contribution in [0.1, 0.15) is 21.6 Å². The van der Waals surface area contributed by atoms with Crippen LogP contribution in [-0.4, -0.2) is 67.6 Å². The third-order valence-corrected chi connectivity index (χ3v) is 5.22. The van der Waals surface area contributed by atoms with Crippen molar-refractivity contribution in [2.75, 3.05) is 40.8 Å². The largest absolute Gasteiger partial charge is 0.497 e. The van der Waals surface area contributed by atoms with Crippen LogP contribution in [0.4, 0.5) is 0 Å². The van der Waals surface area contributed by atoms with Gasteiger partial charge in [0.2, 0.25) is 0 Å². The number of carbonyl (C=O) groups is 1. The van der Waals surface area contributed by atoms with E-state index in [0.717, 1.165) is 43.2 Å². The van der Waals surface area contributed by atoms with Crippen molar-refractivity contribution in [2.45, 2.75) is 19.5 Å². The van der Waals surface area contributed by atoms with Gasteiger partial charge in [0.1, 0.15) is 5.75 Å². The zero-order valence-corrected chi connectivity index (χ0v) is 17.2. The molecule has 0 spiro atoms. The highest BCUT2D eigenvalue weighted by Crippen LogP contribution is 2.22. The molecule has 0 bridgehead atoms. The number of benzene rings is 1. The number of aryl methyl sites for hydroxylation is 1. The summed E-state index contributed by atoms with van der Waals surface area (Å²) in [5, 5.41) is 3.28. The van der Waals surface area contributed by atoms with E-state index in [1.807, 2.05) is 49.5 Å². The van der Waals surface area contributed by atoms with E-state index in [1.54, 1.807) is 7.11 Å². The van der Waals surface area contributed by atoms with E-state index in [4.69, 9.17) is 4.74 Å². The first-order chi connectivity index (χ1) is 13.5. The molecule has 0 unspecified atom stereocenters. The highest BCUT2D eigenvalue weighted by atomic mass is 16.5. The molecule has 3 rings (SSSR count). The maximum absolute atomic E-state index is 12.9. The number of nitrogens with one attached hydrogen (secondary N) is 1. The van der Waals surface area contributed by atoms with Crippen molar-refractivity contribution >= 4 is 5.91 Å². The molecule has 1 aliphatic rings. The molecule has 1 saturated heterocycles. The fraction of sp³-hybridized carbons (Fsp3) is 0.455. The van der Waals surface area contributed by atoms with Gasteiger partial charge in [0.05, 0.1) is 12.8 Å². The molecule has 1 N–H and O–H groups in total. The van der Waals surface area contributed by atoms with Crippen LogP contribution in [0.2, 0.25) is 0 Å². The highest BCUT2D eigenvalue weighted by Gasteiger charge is 2.34. The van der Waals surface area contributed by atoms with Crippen LogP contribution >= 0.6 is 0 Å². The fourth-order valence-electron chi connectivity index (χ4n) is 3.89. The van der Waals surface area contributed by atoms with Crippen LogP contribution in [0.25, 0.3) is 0 Å². The van der Waals surface area contributed by atoms with Gasteiger partial charge in [-0.1, -0.05) is 6.07 Å². The zero-order chi connectivity index (χ0) is 20.1. The number of carbonyl (C=O) groups excluding carboxylic acids is 1. The predicted octanol–water partition coefficient (Wildman–Crippen LogP) is 2.19. The van der Waals surface area contributed by atoms with Crippen LogP contribution in [0.5, 0.6) is 5.75 Å². The summed E-state index contributed by atoms with van der Waals surface area (Å²) in [5.74, 6) is 1.12. The first-order valence-electron chi connectivity index (χ1n) is 9.68. The summed E-state index contributed by atoms with van der Waals surface area (Å²) in [6.07, 6.45) is 1.83. The van der Waals surface area contributed by atoms with Gasteiger partial charge < -0.3 is 15.0 Å². The monoisotopic (exact) mass is 382 g/mol. The number of amides is 1. The molecule has 2 aromatic rings. The lowest BCUT2D eigenvalue weighted by Gasteiger charge is -2.23.